The van der Waals surface area contributed by atoms with Crippen molar-refractivity contribution >= 4 is 5.91 Å². The van der Waals surface area contributed by atoms with Gasteiger partial charge in [0.1, 0.15) is 12.7 Å². The summed E-state index contributed by atoms with van der Waals surface area (Å²) in [5.74, 6) is -3.77. The number of aliphatic hydroxyl groups is 1. The van der Waals surface area contributed by atoms with Crippen LogP contribution in [0.3, 0.4) is 0 Å². The van der Waals surface area contributed by atoms with Gasteiger partial charge in [0.15, 0.2) is 0 Å². The molecular weight excluding hydrogens is 210 g/mol. The average Bonchev–Trinajstić information content (AvgIpc) is 2.19. The minimum absolute atomic E-state index is 0.0413. The van der Waals surface area contributed by atoms with E-state index in [1.807, 2.05) is 0 Å². The Balaban J connectivity index is 2.59. The van der Waals surface area contributed by atoms with E-state index in [-0.39, 0.29) is 13.0 Å². The molecule has 1 aliphatic heterocycles. The van der Waals surface area contributed by atoms with Crippen LogP contribution in [0.2, 0.25) is 0 Å². The molecule has 1 heterocycles. The van der Waals surface area contributed by atoms with E-state index in [0.29, 0.717) is 0 Å². The minimum Gasteiger partial charge on any atom is -0.387 e. The molecule has 1 aliphatic rings. The Bertz CT molecular complexity index is 238. The van der Waals surface area contributed by atoms with Crippen LogP contribution >= 0.6 is 0 Å². The number of hydroxylamine groups is 1. The second kappa shape index (κ2) is 4.82. The molecule has 1 rings (SSSR count). The van der Waals surface area contributed by atoms with Crippen LogP contribution in [0.5, 0.6) is 0 Å². The molecule has 1 amide bonds. The van der Waals surface area contributed by atoms with E-state index in [9.17, 15) is 13.6 Å². The first-order valence-corrected chi connectivity index (χ1v) is 4.60. The third kappa shape index (κ3) is 2.83. The van der Waals surface area contributed by atoms with Crippen LogP contribution in [0, 0.1) is 0 Å². The first kappa shape index (κ1) is 12.3. The molecule has 5 nitrogen and oxygen atoms in total. The smallest absolute Gasteiger partial charge is 0.292 e. The third-order valence-corrected chi connectivity index (χ3v) is 2.28. The maximum Gasteiger partial charge on any atom is 0.292 e. The van der Waals surface area contributed by atoms with E-state index in [4.69, 9.17) is 5.11 Å². The molecule has 0 aromatic rings. The van der Waals surface area contributed by atoms with Crippen LogP contribution in [0.4, 0.5) is 8.78 Å². The zero-order valence-electron chi connectivity index (χ0n) is 8.37. The normalized spacial score (nSPS) is 25.3. The number of nitrogens with one attached hydrogen (secondary N) is 1. The number of carbonyl (C=O) groups is 1. The monoisotopic (exact) mass is 224 g/mol. The number of hydrogen-bond acceptors (Lipinski definition) is 4. The SMILES string of the molecule is CNO[C@H]1CCN(C(=O)CO)CC1(F)F. The number of nitrogens with zero attached hydrogens (tertiary/aromatic N) is 1. The maximum atomic E-state index is 13.4. The van der Waals surface area contributed by atoms with E-state index >= 15 is 0 Å². The Hall–Kier alpha value is -0.790. The summed E-state index contributed by atoms with van der Waals surface area (Å²) in [5.41, 5.74) is 2.22. The number of carbonyl (C=O) groups excluding carboxylic acids is 1. The van der Waals surface area contributed by atoms with Gasteiger partial charge in [0.05, 0.1) is 6.54 Å². The summed E-state index contributed by atoms with van der Waals surface area (Å²) in [7, 11) is 1.40. The van der Waals surface area contributed by atoms with Crippen molar-refractivity contribution in [3.63, 3.8) is 0 Å². The number of hydrogen-bond donors (Lipinski definition) is 2. The van der Waals surface area contributed by atoms with Crippen LogP contribution < -0.4 is 5.48 Å². The number of alkyl halides is 2. The average molecular weight is 224 g/mol. The summed E-state index contributed by atoms with van der Waals surface area (Å²) in [6.45, 7) is -1.28. The van der Waals surface area contributed by atoms with Gasteiger partial charge in [-0.15, -0.1) is 0 Å². The number of aliphatic hydroxyl groups excluding tert-OH is 1. The molecule has 2 N–H and O–H groups in total. The summed E-state index contributed by atoms with van der Waals surface area (Å²) in [6, 6.07) is 0. The van der Waals surface area contributed by atoms with E-state index in [2.05, 4.69) is 10.3 Å². The predicted molar refractivity (Wildman–Crippen MR) is 47.2 cm³/mol. The highest BCUT2D eigenvalue weighted by Crippen LogP contribution is 2.29. The second-order valence-corrected chi connectivity index (χ2v) is 3.33. The lowest BCUT2D eigenvalue weighted by molar-refractivity contribution is -0.196. The lowest BCUT2D eigenvalue weighted by atomic mass is 10.0. The van der Waals surface area contributed by atoms with Crippen molar-refractivity contribution < 1.29 is 23.5 Å². The molecule has 0 spiro atoms. The number of piperidine rings is 1. The van der Waals surface area contributed by atoms with Gasteiger partial charge in [-0.05, 0) is 6.42 Å². The lowest BCUT2D eigenvalue weighted by Gasteiger charge is -2.37. The molecule has 15 heavy (non-hydrogen) atoms. The van der Waals surface area contributed by atoms with E-state index < -0.39 is 31.1 Å². The highest BCUT2D eigenvalue weighted by Gasteiger charge is 2.46. The standard InChI is InChI=1S/C8H14F2N2O3/c1-11-15-6-2-3-12(7(14)4-13)5-8(6,9)10/h6,11,13H,2-5H2,1H3/t6-/m0/s1. The van der Waals surface area contributed by atoms with Crippen LogP contribution in [0.15, 0.2) is 0 Å². The van der Waals surface area contributed by atoms with Crippen LogP contribution in [-0.4, -0.2) is 54.7 Å². The van der Waals surface area contributed by atoms with Crippen LogP contribution in [-0.2, 0) is 9.63 Å². The van der Waals surface area contributed by atoms with Crippen molar-refractivity contribution in [1.29, 1.82) is 0 Å². The number of rotatable bonds is 3. The molecule has 0 saturated carbocycles. The highest BCUT2D eigenvalue weighted by atomic mass is 19.3. The summed E-state index contributed by atoms with van der Waals surface area (Å²) >= 11 is 0. The summed E-state index contributed by atoms with van der Waals surface area (Å²) < 4.78 is 26.7. The van der Waals surface area contributed by atoms with E-state index in [1.54, 1.807) is 0 Å². The Kier molecular flexibility index (Phi) is 3.95. The first-order valence-electron chi connectivity index (χ1n) is 4.60. The van der Waals surface area contributed by atoms with Crippen LogP contribution in [0.25, 0.3) is 0 Å². The Morgan fingerprint density at radius 1 is 1.73 bits per heavy atom. The minimum atomic E-state index is -3.09. The van der Waals surface area contributed by atoms with Crippen LogP contribution in [0.1, 0.15) is 6.42 Å². The summed E-state index contributed by atoms with van der Waals surface area (Å²) in [5, 5.41) is 8.55. The van der Waals surface area contributed by atoms with E-state index in [0.717, 1.165) is 4.90 Å². The number of halogens is 2. The molecule has 88 valence electrons. The first-order chi connectivity index (χ1) is 7.01. The molecule has 1 atom stereocenters. The second-order valence-electron chi connectivity index (χ2n) is 3.33. The zero-order valence-corrected chi connectivity index (χ0v) is 8.37. The van der Waals surface area contributed by atoms with Crippen molar-refractivity contribution in [2.45, 2.75) is 18.4 Å². The molecule has 1 saturated heterocycles. The van der Waals surface area contributed by atoms with Gasteiger partial charge >= 0.3 is 0 Å². The molecule has 7 heteroatoms. The molecule has 0 aliphatic carbocycles. The van der Waals surface area contributed by atoms with Gasteiger partial charge in [0.2, 0.25) is 5.91 Å². The summed E-state index contributed by atoms with van der Waals surface area (Å²) in [6.07, 6.45) is -1.19. The van der Waals surface area contributed by atoms with Gasteiger partial charge in [-0.25, -0.2) is 14.3 Å². The Labute approximate surface area is 86.0 Å². The molecule has 0 radical (unpaired) electrons. The fraction of sp³-hybridized carbons (Fsp3) is 0.875. The van der Waals surface area contributed by atoms with Gasteiger partial charge in [-0.2, -0.15) is 0 Å². The molecular formula is C8H14F2N2O3. The Morgan fingerprint density at radius 3 is 2.87 bits per heavy atom. The number of likely N-dealkylation sites (tertiary alicyclic amines) is 1. The molecule has 0 bridgehead atoms. The topological polar surface area (TPSA) is 61.8 Å². The van der Waals surface area contributed by atoms with Crippen molar-refractivity contribution in [3.05, 3.63) is 0 Å². The quantitative estimate of drug-likeness (QED) is 0.626. The zero-order chi connectivity index (χ0) is 11.5. The largest absolute Gasteiger partial charge is 0.387 e. The molecule has 0 aromatic carbocycles. The van der Waals surface area contributed by atoms with Crippen molar-refractivity contribution in [2.75, 3.05) is 26.7 Å². The van der Waals surface area contributed by atoms with Crippen molar-refractivity contribution in [3.8, 4) is 0 Å². The summed E-state index contributed by atoms with van der Waals surface area (Å²) in [4.78, 5) is 16.6. The van der Waals surface area contributed by atoms with E-state index in [1.165, 1.54) is 7.05 Å². The molecule has 0 unspecified atom stereocenters. The fourth-order valence-electron chi connectivity index (χ4n) is 1.52. The lowest BCUT2D eigenvalue weighted by Crippen LogP contribution is -2.55. The van der Waals surface area contributed by atoms with Gasteiger partial charge < -0.3 is 10.0 Å². The predicted octanol–water partition coefficient (Wildman–Crippen LogP) is -0.634. The molecule has 0 aromatic heterocycles. The van der Waals surface area contributed by atoms with Gasteiger partial charge in [0, 0.05) is 13.6 Å². The molecule has 1 fully saturated rings. The van der Waals surface area contributed by atoms with Crippen molar-refractivity contribution in [2.24, 2.45) is 0 Å². The number of amides is 1. The maximum absolute atomic E-state index is 13.4. The van der Waals surface area contributed by atoms with Gasteiger partial charge in [-0.3, -0.25) is 9.63 Å². The highest BCUT2D eigenvalue weighted by molar-refractivity contribution is 5.77. The van der Waals surface area contributed by atoms with Gasteiger partial charge in [0.25, 0.3) is 5.92 Å². The Morgan fingerprint density at radius 2 is 2.40 bits per heavy atom. The van der Waals surface area contributed by atoms with Crippen molar-refractivity contribution in [1.82, 2.24) is 10.4 Å². The fourth-order valence-corrected chi connectivity index (χ4v) is 1.52. The third-order valence-electron chi connectivity index (χ3n) is 2.28. The van der Waals surface area contributed by atoms with Gasteiger partial charge in [-0.1, -0.05) is 0 Å².